The Bertz CT molecular complexity index is 127. The number of hydrogen-bond donors (Lipinski definition) is 2. The fourth-order valence-electron chi connectivity index (χ4n) is 0.488. The number of esters is 1. The molecule has 0 saturated heterocycles. The van der Waals surface area contributed by atoms with Crippen LogP contribution in [0, 0.1) is 0 Å². The first-order valence-electron chi connectivity index (χ1n) is 3.71. The normalized spacial score (nSPS) is 12.6. The minimum absolute atomic E-state index is 0.0169. The molecule has 12 heavy (non-hydrogen) atoms. The van der Waals surface area contributed by atoms with E-state index in [2.05, 4.69) is 12.6 Å². The maximum Gasteiger partial charge on any atom is 0.318 e. The summed E-state index contributed by atoms with van der Waals surface area (Å²) < 4.78 is 9.59. The molecular weight excluding hydrogens is 180 g/mol. The molecule has 0 spiro atoms. The van der Waals surface area contributed by atoms with Crippen LogP contribution in [0.1, 0.15) is 6.92 Å². The molecule has 0 rings (SSSR count). The van der Waals surface area contributed by atoms with Gasteiger partial charge in [-0.3, -0.25) is 4.79 Å². The summed E-state index contributed by atoms with van der Waals surface area (Å²) in [5, 5.41) is 7.92. The van der Waals surface area contributed by atoms with Gasteiger partial charge in [0.2, 0.25) is 0 Å². The topological polar surface area (TPSA) is 55.8 Å². The lowest BCUT2D eigenvalue weighted by molar-refractivity contribution is -0.144. The van der Waals surface area contributed by atoms with E-state index in [1.165, 1.54) is 0 Å². The van der Waals surface area contributed by atoms with E-state index in [1.807, 2.05) is 0 Å². The van der Waals surface area contributed by atoms with Gasteiger partial charge in [-0.2, -0.15) is 12.6 Å². The standard InChI is InChI=1S/C7H14O4S/c1-6(12)7(9)11-5-4-10-3-2-8/h6,8,12H,2-5H2,1H3. The number of thiol groups is 1. The molecule has 0 aromatic heterocycles. The molecule has 1 unspecified atom stereocenters. The molecular formula is C7H14O4S. The Kier molecular flexibility index (Phi) is 7.23. The first-order valence-corrected chi connectivity index (χ1v) is 4.23. The van der Waals surface area contributed by atoms with Crippen LogP contribution in [0.2, 0.25) is 0 Å². The molecule has 0 aliphatic heterocycles. The van der Waals surface area contributed by atoms with E-state index in [-0.39, 0.29) is 25.8 Å². The first kappa shape index (κ1) is 11.7. The summed E-state index contributed by atoms with van der Waals surface area (Å²) in [6.45, 7) is 2.42. The second-order valence-corrected chi connectivity index (χ2v) is 2.95. The Morgan fingerprint density at radius 1 is 1.50 bits per heavy atom. The molecule has 1 N–H and O–H groups in total. The van der Waals surface area contributed by atoms with Crippen molar-refractivity contribution in [3.05, 3.63) is 0 Å². The highest BCUT2D eigenvalue weighted by atomic mass is 32.1. The predicted octanol–water partition coefficient (Wildman–Crippen LogP) is -0.143. The van der Waals surface area contributed by atoms with Crippen molar-refractivity contribution in [2.45, 2.75) is 12.2 Å². The van der Waals surface area contributed by atoms with Crippen LogP contribution in [0.25, 0.3) is 0 Å². The van der Waals surface area contributed by atoms with Crippen LogP contribution in [0.3, 0.4) is 0 Å². The molecule has 0 radical (unpaired) electrons. The molecule has 0 aromatic carbocycles. The Balaban J connectivity index is 3.14. The van der Waals surface area contributed by atoms with Gasteiger partial charge in [0.15, 0.2) is 0 Å². The van der Waals surface area contributed by atoms with E-state index >= 15 is 0 Å². The molecule has 0 saturated carbocycles. The predicted molar refractivity (Wildman–Crippen MR) is 47.3 cm³/mol. The van der Waals surface area contributed by atoms with E-state index in [0.717, 1.165) is 0 Å². The molecule has 5 heteroatoms. The minimum Gasteiger partial charge on any atom is -0.462 e. The first-order chi connectivity index (χ1) is 5.68. The zero-order chi connectivity index (χ0) is 9.40. The second-order valence-electron chi connectivity index (χ2n) is 2.18. The summed E-state index contributed by atoms with van der Waals surface area (Å²) in [5.41, 5.74) is 0. The fourth-order valence-corrected chi connectivity index (χ4v) is 0.563. The summed E-state index contributed by atoms with van der Waals surface area (Å²) >= 11 is 3.88. The lowest BCUT2D eigenvalue weighted by atomic mass is 10.5. The highest BCUT2D eigenvalue weighted by Crippen LogP contribution is 1.95. The van der Waals surface area contributed by atoms with Crippen LogP contribution in [0.15, 0.2) is 0 Å². The molecule has 1 atom stereocenters. The molecule has 0 heterocycles. The maximum absolute atomic E-state index is 10.8. The van der Waals surface area contributed by atoms with Crippen LogP contribution < -0.4 is 0 Å². The Morgan fingerprint density at radius 2 is 2.17 bits per heavy atom. The Hall–Kier alpha value is -0.260. The van der Waals surface area contributed by atoms with Gasteiger partial charge in [-0.05, 0) is 6.92 Å². The SMILES string of the molecule is CC(S)C(=O)OCCOCCO. The van der Waals surface area contributed by atoms with Crippen LogP contribution in [0.5, 0.6) is 0 Å². The van der Waals surface area contributed by atoms with Gasteiger partial charge in [-0.25, -0.2) is 0 Å². The van der Waals surface area contributed by atoms with Crippen LogP contribution in [0.4, 0.5) is 0 Å². The Morgan fingerprint density at radius 3 is 2.67 bits per heavy atom. The summed E-state index contributed by atoms with van der Waals surface area (Å²) in [5.74, 6) is -0.356. The lowest BCUT2D eigenvalue weighted by Gasteiger charge is -2.06. The van der Waals surface area contributed by atoms with Crippen LogP contribution >= 0.6 is 12.6 Å². The van der Waals surface area contributed by atoms with Gasteiger partial charge in [-0.15, -0.1) is 0 Å². The maximum atomic E-state index is 10.8. The van der Waals surface area contributed by atoms with Crippen molar-refractivity contribution in [3.8, 4) is 0 Å². The van der Waals surface area contributed by atoms with E-state index in [9.17, 15) is 4.79 Å². The third-order valence-corrected chi connectivity index (χ3v) is 1.26. The average Bonchev–Trinajstić information content (AvgIpc) is 2.03. The second kappa shape index (κ2) is 7.39. The molecule has 0 fully saturated rings. The molecule has 0 aromatic rings. The molecule has 4 nitrogen and oxygen atoms in total. The van der Waals surface area contributed by atoms with Gasteiger partial charge in [0.25, 0.3) is 0 Å². The summed E-state index contributed by atoms with van der Waals surface area (Å²) in [4.78, 5) is 10.8. The van der Waals surface area contributed by atoms with E-state index in [1.54, 1.807) is 6.92 Å². The van der Waals surface area contributed by atoms with Gasteiger partial charge >= 0.3 is 5.97 Å². The van der Waals surface area contributed by atoms with E-state index in [0.29, 0.717) is 6.61 Å². The third kappa shape index (κ3) is 6.45. The van der Waals surface area contributed by atoms with Crippen molar-refractivity contribution < 1.29 is 19.4 Å². The number of rotatable bonds is 6. The number of aliphatic hydroxyl groups is 1. The molecule has 72 valence electrons. The smallest absolute Gasteiger partial charge is 0.318 e. The third-order valence-electron chi connectivity index (χ3n) is 1.05. The van der Waals surface area contributed by atoms with E-state index < -0.39 is 5.25 Å². The van der Waals surface area contributed by atoms with Crippen LogP contribution in [-0.4, -0.2) is 42.8 Å². The summed E-state index contributed by atoms with van der Waals surface area (Å²) in [7, 11) is 0. The zero-order valence-electron chi connectivity index (χ0n) is 7.02. The van der Waals surface area contributed by atoms with E-state index in [4.69, 9.17) is 14.6 Å². The van der Waals surface area contributed by atoms with Gasteiger partial charge in [0, 0.05) is 0 Å². The van der Waals surface area contributed by atoms with Crippen molar-refractivity contribution in [3.63, 3.8) is 0 Å². The Labute approximate surface area is 77.3 Å². The largest absolute Gasteiger partial charge is 0.462 e. The van der Waals surface area contributed by atoms with Crippen molar-refractivity contribution >= 4 is 18.6 Å². The summed E-state index contributed by atoms with van der Waals surface area (Å²) in [6, 6.07) is 0. The summed E-state index contributed by atoms with van der Waals surface area (Å²) in [6.07, 6.45) is 0. The molecule has 0 bridgehead atoms. The van der Waals surface area contributed by atoms with Gasteiger partial charge < -0.3 is 14.6 Å². The lowest BCUT2D eigenvalue weighted by Crippen LogP contribution is -2.17. The molecule has 0 aliphatic carbocycles. The highest BCUT2D eigenvalue weighted by molar-refractivity contribution is 7.81. The quantitative estimate of drug-likeness (QED) is 0.351. The van der Waals surface area contributed by atoms with Gasteiger partial charge in [-0.1, -0.05) is 0 Å². The number of hydrogen-bond acceptors (Lipinski definition) is 5. The average molecular weight is 194 g/mol. The molecule has 0 amide bonds. The number of carbonyl (C=O) groups is 1. The van der Waals surface area contributed by atoms with Crippen molar-refractivity contribution in [2.24, 2.45) is 0 Å². The van der Waals surface area contributed by atoms with Crippen molar-refractivity contribution in [2.75, 3.05) is 26.4 Å². The zero-order valence-corrected chi connectivity index (χ0v) is 7.92. The van der Waals surface area contributed by atoms with Gasteiger partial charge in [0.1, 0.15) is 6.61 Å². The van der Waals surface area contributed by atoms with Gasteiger partial charge in [0.05, 0.1) is 25.1 Å². The molecule has 0 aliphatic rings. The van der Waals surface area contributed by atoms with Crippen molar-refractivity contribution in [1.82, 2.24) is 0 Å². The number of ether oxygens (including phenoxy) is 2. The number of aliphatic hydroxyl groups excluding tert-OH is 1. The van der Waals surface area contributed by atoms with Crippen LogP contribution in [-0.2, 0) is 14.3 Å². The van der Waals surface area contributed by atoms with Crippen molar-refractivity contribution in [1.29, 1.82) is 0 Å². The minimum atomic E-state index is -0.400. The monoisotopic (exact) mass is 194 g/mol. The number of carbonyl (C=O) groups excluding carboxylic acids is 1. The fraction of sp³-hybridized carbons (Fsp3) is 0.857. The highest BCUT2D eigenvalue weighted by Gasteiger charge is 2.07.